The van der Waals surface area contributed by atoms with Gasteiger partial charge in [0.2, 0.25) is 5.91 Å². The molecule has 0 unspecified atom stereocenters. The molecule has 2 heterocycles. The molecule has 0 aromatic carbocycles. The molecule has 2 aromatic heterocycles. The number of aromatic nitrogens is 3. The van der Waals surface area contributed by atoms with Gasteiger partial charge in [0.1, 0.15) is 5.82 Å². The van der Waals surface area contributed by atoms with Crippen LogP contribution in [0, 0.1) is 11.3 Å². The molecule has 0 saturated carbocycles. The van der Waals surface area contributed by atoms with E-state index in [0.717, 1.165) is 6.42 Å². The fraction of sp³-hybridized carbons (Fsp3) is 0.375. The number of thioether (sulfide) groups is 1. The number of rotatable bonds is 6. The molecule has 7 heteroatoms. The monoisotopic (exact) mass is 329 g/mol. The third kappa shape index (κ3) is 4.33. The molecule has 0 bridgehead atoms. The molecule has 2 rings (SSSR count). The minimum Gasteiger partial charge on any atom is -0.310 e. The van der Waals surface area contributed by atoms with Crippen molar-refractivity contribution in [2.75, 3.05) is 5.32 Å². The number of hydrogen-bond acceptors (Lipinski definition) is 5. The summed E-state index contributed by atoms with van der Waals surface area (Å²) < 4.78 is 1.81. The van der Waals surface area contributed by atoms with Gasteiger partial charge in [0.15, 0.2) is 0 Å². The van der Waals surface area contributed by atoms with Crippen molar-refractivity contribution in [1.82, 2.24) is 14.8 Å². The van der Waals surface area contributed by atoms with Crippen LogP contribution >= 0.6 is 11.8 Å². The zero-order chi connectivity index (χ0) is 16.8. The Morgan fingerprint density at radius 2 is 2.22 bits per heavy atom. The van der Waals surface area contributed by atoms with E-state index in [1.807, 2.05) is 11.6 Å². The summed E-state index contributed by atoms with van der Waals surface area (Å²) in [5.74, 6) is 0.569. The molecule has 120 valence electrons. The van der Waals surface area contributed by atoms with E-state index in [4.69, 9.17) is 5.26 Å². The molecule has 1 amide bonds. The average Bonchev–Trinajstić information content (AvgIpc) is 3.02. The number of amides is 1. The van der Waals surface area contributed by atoms with Crippen LogP contribution in [0.5, 0.6) is 0 Å². The minimum atomic E-state index is -0.336. The van der Waals surface area contributed by atoms with E-state index < -0.39 is 0 Å². The smallest absolute Gasteiger partial charge is 0.238 e. The molecule has 2 aromatic rings. The van der Waals surface area contributed by atoms with Crippen molar-refractivity contribution in [3.05, 3.63) is 36.2 Å². The van der Waals surface area contributed by atoms with Gasteiger partial charge in [-0.05, 0) is 32.4 Å². The van der Waals surface area contributed by atoms with Gasteiger partial charge < -0.3 is 5.32 Å². The van der Waals surface area contributed by atoms with Gasteiger partial charge in [0, 0.05) is 12.3 Å². The Morgan fingerprint density at radius 3 is 2.91 bits per heavy atom. The first-order valence-electron chi connectivity index (χ1n) is 7.42. The first-order valence-corrected chi connectivity index (χ1v) is 8.30. The molecule has 0 aliphatic rings. The minimum absolute atomic E-state index is 0.121. The summed E-state index contributed by atoms with van der Waals surface area (Å²) in [5, 5.41) is 16.4. The van der Waals surface area contributed by atoms with Gasteiger partial charge >= 0.3 is 0 Å². The van der Waals surface area contributed by atoms with Crippen LogP contribution in [0.25, 0.3) is 0 Å². The third-order valence-corrected chi connectivity index (χ3v) is 4.49. The van der Waals surface area contributed by atoms with Crippen molar-refractivity contribution in [1.29, 1.82) is 5.26 Å². The van der Waals surface area contributed by atoms with E-state index in [1.54, 1.807) is 30.6 Å². The summed E-state index contributed by atoms with van der Waals surface area (Å²) in [5.41, 5.74) is 0.532. The molecule has 0 spiro atoms. The highest BCUT2D eigenvalue weighted by atomic mass is 32.2. The molecule has 6 nitrogen and oxygen atoms in total. The van der Waals surface area contributed by atoms with Crippen LogP contribution in [0.2, 0.25) is 0 Å². The summed E-state index contributed by atoms with van der Waals surface area (Å²) >= 11 is 1.32. The molecule has 0 radical (unpaired) electrons. The maximum absolute atomic E-state index is 12.4. The number of nitriles is 1. The highest BCUT2D eigenvalue weighted by Crippen LogP contribution is 2.23. The summed E-state index contributed by atoms with van der Waals surface area (Å²) in [6, 6.07) is 7.39. The second-order valence-electron chi connectivity index (χ2n) is 5.16. The van der Waals surface area contributed by atoms with E-state index in [1.165, 1.54) is 11.8 Å². The standard InChI is InChI=1S/C16H19N5OS/c1-4-11(2)21-14(6-8-19-21)20-16(22)12(3)23-15-9-13(10-17)5-7-18-15/h5-9,11-12H,4H2,1-3H3,(H,20,22)/t11-,12+/m1/s1. The zero-order valence-corrected chi connectivity index (χ0v) is 14.2. The van der Waals surface area contributed by atoms with Crippen molar-refractivity contribution in [2.45, 2.75) is 43.5 Å². The largest absolute Gasteiger partial charge is 0.310 e. The van der Waals surface area contributed by atoms with Crippen LogP contribution in [-0.2, 0) is 4.79 Å². The molecule has 0 saturated heterocycles. The van der Waals surface area contributed by atoms with Gasteiger partial charge in [-0.15, -0.1) is 0 Å². The highest BCUT2D eigenvalue weighted by molar-refractivity contribution is 8.00. The lowest BCUT2D eigenvalue weighted by atomic mass is 10.3. The quantitative estimate of drug-likeness (QED) is 0.823. The third-order valence-electron chi connectivity index (χ3n) is 3.46. The Morgan fingerprint density at radius 1 is 1.43 bits per heavy atom. The number of hydrogen-bond donors (Lipinski definition) is 1. The Kier molecular flexibility index (Phi) is 5.77. The van der Waals surface area contributed by atoms with Crippen LogP contribution in [0.3, 0.4) is 0 Å². The average molecular weight is 329 g/mol. The number of nitrogens with one attached hydrogen (secondary N) is 1. The topological polar surface area (TPSA) is 83.6 Å². The van der Waals surface area contributed by atoms with Crippen LogP contribution in [0.15, 0.2) is 35.6 Å². The molecule has 2 atom stereocenters. The van der Waals surface area contributed by atoms with E-state index in [2.05, 4.69) is 35.3 Å². The lowest BCUT2D eigenvalue weighted by molar-refractivity contribution is -0.115. The van der Waals surface area contributed by atoms with E-state index >= 15 is 0 Å². The Bertz CT molecular complexity index is 721. The lowest BCUT2D eigenvalue weighted by Crippen LogP contribution is -2.24. The van der Waals surface area contributed by atoms with Gasteiger partial charge in [-0.3, -0.25) is 4.79 Å². The number of carbonyl (C=O) groups is 1. The maximum atomic E-state index is 12.4. The molecule has 0 aliphatic carbocycles. The fourth-order valence-electron chi connectivity index (χ4n) is 1.94. The first-order chi connectivity index (χ1) is 11.0. The Labute approximate surface area is 139 Å². The van der Waals surface area contributed by atoms with Crippen LogP contribution in [-0.4, -0.2) is 25.9 Å². The van der Waals surface area contributed by atoms with Crippen LogP contribution in [0.4, 0.5) is 5.82 Å². The number of anilines is 1. The summed E-state index contributed by atoms with van der Waals surface area (Å²) in [6.07, 6.45) is 4.18. The first kappa shape index (κ1) is 17.0. The van der Waals surface area contributed by atoms with E-state index in [9.17, 15) is 4.79 Å². The molecule has 0 aliphatic heterocycles. The summed E-state index contributed by atoms with van der Waals surface area (Å²) in [7, 11) is 0. The fourth-order valence-corrected chi connectivity index (χ4v) is 2.79. The van der Waals surface area contributed by atoms with Crippen LogP contribution in [0.1, 0.15) is 38.8 Å². The number of carbonyl (C=O) groups excluding carboxylic acids is 1. The van der Waals surface area contributed by atoms with Gasteiger partial charge in [0.05, 0.1) is 34.1 Å². The van der Waals surface area contributed by atoms with Crippen molar-refractivity contribution < 1.29 is 4.79 Å². The Hall–Kier alpha value is -2.33. The molecule has 1 N–H and O–H groups in total. The highest BCUT2D eigenvalue weighted by Gasteiger charge is 2.18. The van der Waals surface area contributed by atoms with Crippen molar-refractivity contribution in [3.8, 4) is 6.07 Å². The van der Waals surface area contributed by atoms with Crippen molar-refractivity contribution in [3.63, 3.8) is 0 Å². The van der Waals surface area contributed by atoms with E-state index in [0.29, 0.717) is 16.4 Å². The van der Waals surface area contributed by atoms with Gasteiger partial charge in [-0.1, -0.05) is 18.7 Å². The number of nitrogens with zero attached hydrogens (tertiary/aromatic N) is 4. The van der Waals surface area contributed by atoms with Gasteiger partial charge in [0.25, 0.3) is 0 Å². The van der Waals surface area contributed by atoms with Crippen molar-refractivity contribution >= 4 is 23.5 Å². The molecule has 23 heavy (non-hydrogen) atoms. The second kappa shape index (κ2) is 7.79. The lowest BCUT2D eigenvalue weighted by Gasteiger charge is -2.16. The molecular weight excluding hydrogens is 310 g/mol. The predicted octanol–water partition coefficient (Wildman–Crippen LogP) is 3.24. The normalized spacial score (nSPS) is 13.1. The zero-order valence-electron chi connectivity index (χ0n) is 13.4. The number of pyridine rings is 1. The van der Waals surface area contributed by atoms with Crippen LogP contribution < -0.4 is 5.32 Å². The molecule has 0 fully saturated rings. The summed E-state index contributed by atoms with van der Waals surface area (Å²) in [4.78, 5) is 16.5. The van der Waals surface area contributed by atoms with Crippen molar-refractivity contribution in [2.24, 2.45) is 0 Å². The maximum Gasteiger partial charge on any atom is 0.238 e. The van der Waals surface area contributed by atoms with Gasteiger partial charge in [-0.2, -0.15) is 10.4 Å². The second-order valence-corrected chi connectivity index (χ2v) is 6.52. The molecular formula is C16H19N5OS. The Balaban J connectivity index is 2.03. The SMILES string of the molecule is CC[C@@H](C)n1nccc1NC(=O)[C@H](C)Sc1cc(C#N)ccn1. The van der Waals surface area contributed by atoms with E-state index in [-0.39, 0.29) is 17.2 Å². The summed E-state index contributed by atoms with van der Waals surface area (Å²) in [6.45, 7) is 5.94. The van der Waals surface area contributed by atoms with Gasteiger partial charge in [-0.25, -0.2) is 9.67 Å². The predicted molar refractivity (Wildman–Crippen MR) is 90.1 cm³/mol.